The minimum absolute atomic E-state index is 0.487. The van der Waals surface area contributed by atoms with Crippen LogP contribution in [0.15, 0.2) is 22.8 Å². The van der Waals surface area contributed by atoms with E-state index in [0.717, 1.165) is 28.8 Å². The Morgan fingerprint density at radius 2 is 2.44 bits per heavy atom. The van der Waals surface area contributed by atoms with Crippen molar-refractivity contribution in [1.29, 1.82) is 5.26 Å². The lowest BCUT2D eigenvalue weighted by atomic mass is 10.1. The van der Waals surface area contributed by atoms with E-state index in [9.17, 15) is 0 Å². The van der Waals surface area contributed by atoms with E-state index in [4.69, 9.17) is 5.26 Å². The second-order valence-corrected chi connectivity index (χ2v) is 5.50. The number of nitrogens with zero attached hydrogens (tertiary/aromatic N) is 3. The summed E-state index contributed by atoms with van der Waals surface area (Å²) in [5.41, 5.74) is 1.39. The van der Waals surface area contributed by atoms with Crippen molar-refractivity contribution in [2.75, 3.05) is 6.54 Å². The molecule has 1 aliphatic heterocycles. The van der Waals surface area contributed by atoms with E-state index in [1.165, 1.54) is 12.8 Å². The molecule has 3 rings (SSSR count). The van der Waals surface area contributed by atoms with Crippen molar-refractivity contribution >= 4 is 21.4 Å². The van der Waals surface area contributed by atoms with Crippen molar-refractivity contribution in [3.8, 4) is 6.07 Å². The lowest BCUT2D eigenvalue weighted by molar-refractivity contribution is 0.584. The highest BCUT2D eigenvalue weighted by molar-refractivity contribution is 9.10. The third-order valence-electron chi connectivity index (χ3n) is 3.37. The standard InChI is InChI=1S/C13H13BrN4/c14-9-3-4-12-11(7-15)17-13(18(12)8-9)6-10-2-1-5-16-10/h3-4,8,10,16H,1-2,5-6H2. The van der Waals surface area contributed by atoms with Gasteiger partial charge in [-0.1, -0.05) is 0 Å². The van der Waals surface area contributed by atoms with Crippen LogP contribution in [0.4, 0.5) is 0 Å². The summed E-state index contributed by atoms with van der Waals surface area (Å²) in [5.74, 6) is 0.960. The van der Waals surface area contributed by atoms with Gasteiger partial charge in [0.15, 0.2) is 5.69 Å². The molecule has 3 heterocycles. The van der Waals surface area contributed by atoms with Crippen molar-refractivity contribution in [3.05, 3.63) is 34.3 Å². The number of rotatable bonds is 2. The van der Waals surface area contributed by atoms with Crippen molar-refractivity contribution in [2.45, 2.75) is 25.3 Å². The van der Waals surface area contributed by atoms with E-state index in [1.807, 2.05) is 22.7 Å². The third kappa shape index (κ3) is 2.02. The quantitative estimate of drug-likeness (QED) is 0.926. The van der Waals surface area contributed by atoms with Crippen LogP contribution in [-0.4, -0.2) is 22.0 Å². The number of imidazole rings is 1. The van der Waals surface area contributed by atoms with Gasteiger partial charge in [-0.05, 0) is 47.4 Å². The summed E-state index contributed by atoms with van der Waals surface area (Å²) >= 11 is 3.46. The van der Waals surface area contributed by atoms with Gasteiger partial charge >= 0.3 is 0 Å². The molecule has 2 aromatic heterocycles. The predicted molar refractivity (Wildman–Crippen MR) is 72.3 cm³/mol. The zero-order valence-corrected chi connectivity index (χ0v) is 11.4. The van der Waals surface area contributed by atoms with Gasteiger partial charge in [0.25, 0.3) is 0 Å². The van der Waals surface area contributed by atoms with Crippen LogP contribution in [0.5, 0.6) is 0 Å². The van der Waals surface area contributed by atoms with Crippen LogP contribution >= 0.6 is 15.9 Å². The maximum absolute atomic E-state index is 9.13. The monoisotopic (exact) mass is 304 g/mol. The van der Waals surface area contributed by atoms with E-state index >= 15 is 0 Å². The smallest absolute Gasteiger partial charge is 0.166 e. The molecule has 0 spiro atoms. The zero-order valence-electron chi connectivity index (χ0n) is 9.86. The summed E-state index contributed by atoms with van der Waals surface area (Å²) in [7, 11) is 0. The summed E-state index contributed by atoms with van der Waals surface area (Å²) < 4.78 is 3.01. The molecule has 0 bridgehead atoms. The van der Waals surface area contributed by atoms with Gasteiger partial charge in [-0.25, -0.2) is 4.98 Å². The maximum Gasteiger partial charge on any atom is 0.166 e. The second kappa shape index (κ2) is 4.71. The normalized spacial score (nSPS) is 19.2. The number of fused-ring (bicyclic) bond motifs is 1. The molecule has 1 N–H and O–H groups in total. The highest BCUT2D eigenvalue weighted by Crippen LogP contribution is 2.19. The van der Waals surface area contributed by atoms with Gasteiger partial charge in [0.2, 0.25) is 0 Å². The molecule has 0 radical (unpaired) electrons. The molecule has 92 valence electrons. The molecule has 0 aliphatic carbocycles. The molecule has 18 heavy (non-hydrogen) atoms. The molecule has 0 amide bonds. The van der Waals surface area contributed by atoms with Crippen LogP contribution in [0.3, 0.4) is 0 Å². The highest BCUT2D eigenvalue weighted by Gasteiger charge is 2.18. The summed E-state index contributed by atoms with van der Waals surface area (Å²) in [6.45, 7) is 1.09. The molecule has 1 aliphatic rings. The van der Waals surface area contributed by atoms with Gasteiger partial charge < -0.3 is 9.72 Å². The Bertz CT molecular complexity index is 620. The molecule has 0 aromatic carbocycles. The zero-order chi connectivity index (χ0) is 12.5. The predicted octanol–water partition coefficient (Wildman–Crippen LogP) is 2.26. The summed E-state index contributed by atoms with van der Waals surface area (Å²) in [4.78, 5) is 4.45. The van der Waals surface area contributed by atoms with E-state index in [2.05, 4.69) is 32.3 Å². The molecule has 1 saturated heterocycles. The SMILES string of the molecule is N#Cc1nc(CC2CCCN2)n2cc(Br)ccc12. The van der Waals surface area contributed by atoms with Gasteiger partial charge in [0, 0.05) is 23.1 Å². The fraction of sp³-hybridized carbons (Fsp3) is 0.385. The fourth-order valence-corrected chi connectivity index (χ4v) is 2.84. The number of pyridine rings is 1. The van der Waals surface area contributed by atoms with Crippen molar-refractivity contribution in [3.63, 3.8) is 0 Å². The van der Waals surface area contributed by atoms with Gasteiger partial charge in [-0.3, -0.25) is 0 Å². The van der Waals surface area contributed by atoms with Gasteiger partial charge in [0.05, 0.1) is 5.52 Å². The lowest BCUT2D eigenvalue weighted by Crippen LogP contribution is -2.24. The van der Waals surface area contributed by atoms with E-state index in [-0.39, 0.29) is 0 Å². The molecule has 0 saturated carbocycles. The number of hydrogen-bond donors (Lipinski definition) is 1. The Kier molecular flexibility index (Phi) is 3.06. The molecule has 1 atom stereocenters. The van der Waals surface area contributed by atoms with E-state index in [0.29, 0.717) is 11.7 Å². The first kappa shape index (κ1) is 11.7. The first-order chi connectivity index (χ1) is 8.78. The molecule has 4 nitrogen and oxygen atoms in total. The van der Waals surface area contributed by atoms with Crippen molar-refractivity contribution in [2.24, 2.45) is 0 Å². The van der Waals surface area contributed by atoms with Gasteiger partial charge in [-0.2, -0.15) is 5.26 Å². The average molecular weight is 305 g/mol. The largest absolute Gasteiger partial charge is 0.314 e. The summed E-state index contributed by atoms with van der Waals surface area (Å²) in [6.07, 6.45) is 5.26. The first-order valence-corrected chi connectivity index (χ1v) is 6.87. The topological polar surface area (TPSA) is 53.1 Å². The Labute approximate surface area is 114 Å². The van der Waals surface area contributed by atoms with Crippen LogP contribution in [0.25, 0.3) is 5.52 Å². The Balaban J connectivity index is 2.04. The minimum Gasteiger partial charge on any atom is -0.314 e. The summed E-state index contributed by atoms with van der Waals surface area (Å²) in [5, 5.41) is 12.6. The Hall–Kier alpha value is -1.38. The number of nitrogens with one attached hydrogen (secondary N) is 1. The third-order valence-corrected chi connectivity index (χ3v) is 3.84. The molecular formula is C13H13BrN4. The highest BCUT2D eigenvalue weighted by atomic mass is 79.9. The van der Waals surface area contributed by atoms with Crippen LogP contribution in [0.1, 0.15) is 24.4 Å². The van der Waals surface area contributed by atoms with Crippen LogP contribution in [-0.2, 0) is 6.42 Å². The molecule has 2 aromatic rings. The molecule has 1 fully saturated rings. The van der Waals surface area contributed by atoms with Gasteiger partial charge in [-0.15, -0.1) is 0 Å². The Morgan fingerprint density at radius 1 is 1.56 bits per heavy atom. The average Bonchev–Trinajstić information content (AvgIpc) is 2.98. The number of aromatic nitrogens is 2. The van der Waals surface area contributed by atoms with Crippen LogP contribution in [0.2, 0.25) is 0 Å². The lowest BCUT2D eigenvalue weighted by Gasteiger charge is -2.08. The van der Waals surface area contributed by atoms with Crippen LogP contribution < -0.4 is 5.32 Å². The van der Waals surface area contributed by atoms with Crippen LogP contribution in [0, 0.1) is 11.3 Å². The number of nitriles is 1. The Morgan fingerprint density at radius 3 is 3.17 bits per heavy atom. The second-order valence-electron chi connectivity index (χ2n) is 4.59. The number of hydrogen-bond acceptors (Lipinski definition) is 3. The first-order valence-electron chi connectivity index (χ1n) is 6.08. The van der Waals surface area contributed by atoms with Crippen molar-refractivity contribution < 1.29 is 0 Å². The molecular weight excluding hydrogens is 292 g/mol. The minimum atomic E-state index is 0.487. The molecule has 1 unspecified atom stereocenters. The summed E-state index contributed by atoms with van der Waals surface area (Å²) in [6, 6.07) is 6.53. The maximum atomic E-state index is 9.13. The van der Waals surface area contributed by atoms with Crippen molar-refractivity contribution in [1.82, 2.24) is 14.7 Å². The fourth-order valence-electron chi connectivity index (χ4n) is 2.50. The van der Waals surface area contributed by atoms with Gasteiger partial charge in [0.1, 0.15) is 11.9 Å². The van der Waals surface area contributed by atoms with E-state index in [1.54, 1.807) is 0 Å². The molecule has 5 heteroatoms. The number of halogens is 1. The van der Waals surface area contributed by atoms with E-state index < -0.39 is 0 Å².